The summed E-state index contributed by atoms with van der Waals surface area (Å²) in [5.41, 5.74) is 7.53. The zero-order chi connectivity index (χ0) is 16.4. The van der Waals surface area contributed by atoms with Crippen LogP contribution in [0.5, 0.6) is 0 Å². The zero-order valence-corrected chi connectivity index (χ0v) is 13.1. The van der Waals surface area contributed by atoms with Gasteiger partial charge in [0.25, 0.3) is 0 Å². The lowest BCUT2D eigenvalue weighted by Gasteiger charge is -2.20. The van der Waals surface area contributed by atoms with Gasteiger partial charge < -0.3 is 16.0 Å². The SMILES string of the molecule is Cc1ccc(NC(=O)C(C)C)cc1N1CC(C(N)=O)CC1=O. The summed E-state index contributed by atoms with van der Waals surface area (Å²) in [5.74, 6) is -1.26. The predicted octanol–water partition coefficient (Wildman–Crippen LogP) is 1.43. The van der Waals surface area contributed by atoms with Gasteiger partial charge in [-0.2, -0.15) is 0 Å². The minimum atomic E-state index is -0.460. The maximum Gasteiger partial charge on any atom is 0.227 e. The third-order valence-corrected chi connectivity index (χ3v) is 3.82. The van der Waals surface area contributed by atoms with Crippen molar-refractivity contribution in [1.29, 1.82) is 0 Å². The van der Waals surface area contributed by atoms with Crippen LogP contribution in [0.1, 0.15) is 25.8 Å². The average molecular weight is 303 g/mol. The van der Waals surface area contributed by atoms with Gasteiger partial charge in [-0.1, -0.05) is 19.9 Å². The normalized spacial score (nSPS) is 17.9. The average Bonchev–Trinajstić information content (AvgIpc) is 2.83. The van der Waals surface area contributed by atoms with Gasteiger partial charge in [-0.15, -0.1) is 0 Å². The summed E-state index contributed by atoms with van der Waals surface area (Å²) in [7, 11) is 0. The van der Waals surface area contributed by atoms with Crippen LogP contribution in [0.15, 0.2) is 18.2 Å². The number of aryl methyl sites for hydroxylation is 1. The van der Waals surface area contributed by atoms with Crippen molar-refractivity contribution in [3.63, 3.8) is 0 Å². The Bertz CT molecular complexity index is 625. The highest BCUT2D eigenvalue weighted by Gasteiger charge is 2.34. The van der Waals surface area contributed by atoms with E-state index in [0.29, 0.717) is 11.4 Å². The minimum Gasteiger partial charge on any atom is -0.369 e. The molecule has 118 valence electrons. The van der Waals surface area contributed by atoms with E-state index in [1.165, 1.54) is 0 Å². The van der Waals surface area contributed by atoms with Crippen LogP contribution in [0, 0.1) is 18.8 Å². The van der Waals surface area contributed by atoms with Crippen molar-refractivity contribution in [3.05, 3.63) is 23.8 Å². The lowest BCUT2D eigenvalue weighted by Crippen LogP contribution is -2.29. The molecular weight excluding hydrogens is 282 g/mol. The first-order valence-corrected chi connectivity index (χ1v) is 7.30. The second-order valence-electron chi connectivity index (χ2n) is 5.95. The quantitative estimate of drug-likeness (QED) is 0.881. The molecule has 3 N–H and O–H groups in total. The Morgan fingerprint density at radius 1 is 1.36 bits per heavy atom. The fourth-order valence-electron chi connectivity index (χ4n) is 2.40. The second kappa shape index (κ2) is 6.17. The summed E-state index contributed by atoms with van der Waals surface area (Å²) in [4.78, 5) is 36.7. The number of nitrogens with one attached hydrogen (secondary N) is 1. The van der Waals surface area contributed by atoms with Crippen LogP contribution < -0.4 is 16.0 Å². The van der Waals surface area contributed by atoms with Crippen molar-refractivity contribution in [3.8, 4) is 0 Å². The van der Waals surface area contributed by atoms with Gasteiger partial charge >= 0.3 is 0 Å². The fraction of sp³-hybridized carbons (Fsp3) is 0.438. The van der Waals surface area contributed by atoms with Gasteiger partial charge in [-0.3, -0.25) is 14.4 Å². The number of hydrogen-bond donors (Lipinski definition) is 2. The molecular formula is C16H21N3O3. The molecule has 0 saturated carbocycles. The van der Waals surface area contributed by atoms with Gasteiger partial charge in [0.15, 0.2) is 0 Å². The van der Waals surface area contributed by atoms with Gasteiger partial charge in [-0.05, 0) is 24.6 Å². The Labute approximate surface area is 129 Å². The summed E-state index contributed by atoms with van der Waals surface area (Å²) in [5, 5.41) is 2.81. The Balaban J connectivity index is 2.26. The Hall–Kier alpha value is -2.37. The molecule has 1 atom stereocenters. The van der Waals surface area contributed by atoms with Crippen LogP contribution in [0.4, 0.5) is 11.4 Å². The van der Waals surface area contributed by atoms with Gasteiger partial charge in [0.2, 0.25) is 17.7 Å². The highest BCUT2D eigenvalue weighted by Crippen LogP contribution is 2.30. The van der Waals surface area contributed by atoms with Crippen LogP contribution in [0.25, 0.3) is 0 Å². The number of anilines is 2. The fourth-order valence-corrected chi connectivity index (χ4v) is 2.40. The monoisotopic (exact) mass is 303 g/mol. The number of nitrogens with zero attached hydrogens (tertiary/aromatic N) is 1. The molecule has 0 aromatic heterocycles. The van der Waals surface area contributed by atoms with Gasteiger partial charge in [0.1, 0.15) is 0 Å². The topological polar surface area (TPSA) is 92.5 Å². The van der Waals surface area contributed by atoms with Gasteiger partial charge in [0.05, 0.1) is 5.92 Å². The predicted molar refractivity (Wildman–Crippen MR) is 84.3 cm³/mol. The van der Waals surface area contributed by atoms with Crippen LogP contribution in [0.3, 0.4) is 0 Å². The zero-order valence-electron chi connectivity index (χ0n) is 13.1. The van der Waals surface area contributed by atoms with E-state index in [1.54, 1.807) is 17.0 Å². The Morgan fingerprint density at radius 3 is 2.59 bits per heavy atom. The lowest BCUT2D eigenvalue weighted by atomic mass is 10.1. The highest BCUT2D eigenvalue weighted by atomic mass is 16.2. The van der Waals surface area contributed by atoms with E-state index in [1.807, 2.05) is 26.8 Å². The van der Waals surface area contributed by atoms with E-state index < -0.39 is 11.8 Å². The molecule has 0 bridgehead atoms. The van der Waals surface area contributed by atoms with Crippen molar-refractivity contribution < 1.29 is 14.4 Å². The van der Waals surface area contributed by atoms with E-state index in [4.69, 9.17) is 5.73 Å². The molecule has 0 spiro atoms. The molecule has 1 aliphatic rings. The first kappa shape index (κ1) is 16.0. The summed E-state index contributed by atoms with van der Waals surface area (Å²) in [6, 6.07) is 5.40. The molecule has 0 aliphatic carbocycles. The molecule has 6 heteroatoms. The second-order valence-corrected chi connectivity index (χ2v) is 5.95. The number of carbonyl (C=O) groups excluding carboxylic acids is 3. The van der Waals surface area contributed by atoms with E-state index in [9.17, 15) is 14.4 Å². The maximum absolute atomic E-state index is 12.1. The Morgan fingerprint density at radius 2 is 2.05 bits per heavy atom. The minimum absolute atomic E-state index is 0.0856. The molecule has 2 rings (SSSR count). The first-order chi connectivity index (χ1) is 10.3. The van der Waals surface area contributed by atoms with Crippen molar-refractivity contribution >= 4 is 29.1 Å². The van der Waals surface area contributed by atoms with E-state index in [0.717, 1.165) is 5.56 Å². The summed E-state index contributed by atoms with van der Waals surface area (Å²) in [6.45, 7) is 5.79. The molecule has 6 nitrogen and oxygen atoms in total. The van der Waals surface area contributed by atoms with Crippen LogP contribution >= 0.6 is 0 Å². The summed E-state index contributed by atoms with van der Waals surface area (Å²) >= 11 is 0. The molecule has 22 heavy (non-hydrogen) atoms. The third-order valence-electron chi connectivity index (χ3n) is 3.82. The molecule has 1 aromatic carbocycles. The molecule has 0 radical (unpaired) electrons. The molecule has 1 aromatic rings. The van der Waals surface area contributed by atoms with Crippen LogP contribution in [-0.4, -0.2) is 24.3 Å². The van der Waals surface area contributed by atoms with Crippen LogP contribution in [-0.2, 0) is 14.4 Å². The molecule has 1 unspecified atom stereocenters. The maximum atomic E-state index is 12.1. The number of rotatable bonds is 4. The van der Waals surface area contributed by atoms with Gasteiger partial charge in [0, 0.05) is 30.3 Å². The number of nitrogens with two attached hydrogens (primary N) is 1. The molecule has 1 saturated heterocycles. The van der Waals surface area contributed by atoms with Crippen molar-refractivity contribution in [2.75, 3.05) is 16.8 Å². The van der Waals surface area contributed by atoms with Crippen molar-refractivity contribution in [2.24, 2.45) is 17.6 Å². The smallest absolute Gasteiger partial charge is 0.227 e. The third kappa shape index (κ3) is 3.27. The van der Waals surface area contributed by atoms with E-state index in [2.05, 4.69) is 5.32 Å². The van der Waals surface area contributed by atoms with E-state index in [-0.39, 0.29) is 30.7 Å². The van der Waals surface area contributed by atoms with Crippen molar-refractivity contribution in [2.45, 2.75) is 27.2 Å². The number of benzene rings is 1. The summed E-state index contributed by atoms with van der Waals surface area (Å²) < 4.78 is 0. The number of primary amides is 1. The molecule has 3 amide bonds. The molecule has 1 heterocycles. The molecule has 1 aliphatic heterocycles. The van der Waals surface area contributed by atoms with E-state index >= 15 is 0 Å². The Kier molecular flexibility index (Phi) is 4.49. The number of carbonyl (C=O) groups is 3. The summed E-state index contributed by atoms with van der Waals surface area (Å²) in [6.07, 6.45) is 0.136. The van der Waals surface area contributed by atoms with Crippen LogP contribution in [0.2, 0.25) is 0 Å². The van der Waals surface area contributed by atoms with Crippen molar-refractivity contribution in [1.82, 2.24) is 0 Å². The number of amides is 3. The van der Waals surface area contributed by atoms with Gasteiger partial charge in [-0.25, -0.2) is 0 Å². The lowest BCUT2D eigenvalue weighted by molar-refractivity contribution is -0.123. The molecule has 1 fully saturated rings. The first-order valence-electron chi connectivity index (χ1n) is 7.30. The largest absolute Gasteiger partial charge is 0.369 e. The standard InChI is InChI=1S/C16H21N3O3/c1-9(2)16(22)18-12-5-4-10(3)13(7-12)19-8-11(15(17)21)6-14(19)20/h4-5,7,9,11H,6,8H2,1-3H3,(H2,17,21)(H,18,22). The number of hydrogen-bond acceptors (Lipinski definition) is 3. The highest BCUT2D eigenvalue weighted by molar-refractivity contribution is 6.01.